The molecule has 0 fully saturated rings. The largest absolute Gasteiger partial charge is 0.370 e. The van der Waals surface area contributed by atoms with E-state index in [4.69, 9.17) is 15.0 Å². The molecule has 0 aliphatic carbocycles. The van der Waals surface area contributed by atoms with Crippen molar-refractivity contribution in [1.82, 2.24) is 10.1 Å². The normalized spacial score (nSPS) is 10.7. The van der Waals surface area contributed by atoms with Crippen molar-refractivity contribution >= 4 is 0 Å². The number of nitrogens with two attached hydrogens (primary N) is 1. The second-order valence-electron chi connectivity index (χ2n) is 3.36. The molecular weight excluding hydrogens is 225 g/mol. The van der Waals surface area contributed by atoms with Crippen molar-refractivity contribution in [1.29, 1.82) is 0 Å². The molecule has 0 radical (unpaired) electrons. The lowest BCUT2D eigenvalue weighted by atomic mass is 10.2. The number of ether oxygens (including phenoxy) is 1. The summed E-state index contributed by atoms with van der Waals surface area (Å²) in [6.45, 7) is 1.07. The lowest BCUT2D eigenvalue weighted by Gasteiger charge is -1.95. The van der Waals surface area contributed by atoms with Crippen LogP contribution in [-0.2, 0) is 11.3 Å². The zero-order valence-electron chi connectivity index (χ0n) is 9.10. The van der Waals surface area contributed by atoms with Gasteiger partial charge in [-0.15, -0.1) is 0 Å². The van der Waals surface area contributed by atoms with E-state index in [1.165, 1.54) is 12.1 Å². The molecule has 90 valence electrons. The van der Waals surface area contributed by atoms with E-state index >= 15 is 0 Å². The zero-order valence-corrected chi connectivity index (χ0v) is 9.10. The van der Waals surface area contributed by atoms with E-state index in [2.05, 4.69) is 10.1 Å². The molecule has 2 rings (SSSR count). The average molecular weight is 237 g/mol. The van der Waals surface area contributed by atoms with E-state index in [-0.39, 0.29) is 12.4 Å². The fraction of sp³-hybridized carbons (Fsp3) is 0.273. The molecule has 1 heterocycles. The van der Waals surface area contributed by atoms with Crippen LogP contribution < -0.4 is 5.73 Å². The molecule has 2 aromatic rings. The van der Waals surface area contributed by atoms with Gasteiger partial charge in [-0.1, -0.05) is 17.3 Å². The minimum absolute atomic E-state index is 0.208. The molecule has 5 nitrogen and oxygen atoms in total. The van der Waals surface area contributed by atoms with Gasteiger partial charge in [-0.2, -0.15) is 4.98 Å². The van der Waals surface area contributed by atoms with Crippen LogP contribution in [0.2, 0.25) is 0 Å². The molecule has 1 aromatic carbocycles. The van der Waals surface area contributed by atoms with Crippen LogP contribution in [-0.4, -0.2) is 23.3 Å². The molecule has 1 aromatic heterocycles. The Hall–Kier alpha value is -1.79. The smallest absolute Gasteiger partial charge is 0.252 e. The summed E-state index contributed by atoms with van der Waals surface area (Å²) < 4.78 is 23.1. The highest BCUT2D eigenvalue weighted by molar-refractivity contribution is 5.53. The van der Waals surface area contributed by atoms with Gasteiger partial charge in [0.25, 0.3) is 5.89 Å². The van der Waals surface area contributed by atoms with Gasteiger partial charge < -0.3 is 15.0 Å². The van der Waals surface area contributed by atoms with Crippen LogP contribution in [0.5, 0.6) is 0 Å². The minimum atomic E-state index is -0.340. The molecule has 0 unspecified atom stereocenters. The lowest BCUT2D eigenvalue weighted by Crippen LogP contribution is -2.08. The molecule has 0 bridgehead atoms. The van der Waals surface area contributed by atoms with E-state index in [1.54, 1.807) is 12.1 Å². The summed E-state index contributed by atoms with van der Waals surface area (Å²) in [5.41, 5.74) is 5.84. The maximum Gasteiger partial charge on any atom is 0.252 e. The van der Waals surface area contributed by atoms with Crippen molar-refractivity contribution in [3.05, 3.63) is 36.0 Å². The van der Waals surface area contributed by atoms with Crippen molar-refractivity contribution in [2.24, 2.45) is 5.73 Å². The predicted octanol–water partition coefficient (Wildman–Crippen LogP) is 1.35. The maximum atomic E-state index is 13.0. The molecule has 0 aliphatic heterocycles. The van der Waals surface area contributed by atoms with Gasteiger partial charge in [0.05, 0.1) is 6.61 Å². The van der Waals surface area contributed by atoms with E-state index in [1.807, 2.05) is 0 Å². The summed E-state index contributed by atoms with van der Waals surface area (Å²) in [7, 11) is 0. The number of benzene rings is 1. The monoisotopic (exact) mass is 237 g/mol. The Morgan fingerprint density at radius 3 is 3.06 bits per heavy atom. The van der Waals surface area contributed by atoms with Crippen molar-refractivity contribution in [3.8, 4) is 11.4 Å². The minimum Gasteiger partial charge on any atom is -0.370 e. The Morgan fingerprint density at radius 1 is 1.41 bits per heavy atom. The summed E-state index contributed by atoms with van der Waals surface area (Å²) in [5, 5.41) is 3.74. The van der Waals surface area contributed by atoms with Gasteiger partial charge in [-0.3, -0.25) is 0 Å². The van der Waals surface area contributed by atoms with Gasteiger partial charge in [0.15, 0.2) is 0 Å². The molecule has 0 saturated heterocycles. The van der Waals surface area contributed by atoms with Crippen LogP contribution in [0.15, 0.2) is 28.8 Å². The van der Waals surface area contributed by atoms with E-state index < -0.39 is 0 Å². The van der Waals surface area contributed by atoms with E-state index in [0.717, 1.165) is 0 Å². The third kappa shape index (κ3) is 3.08. The van der Waals surface area contributed by atoms with Gasteiger partial charge in [-0.25, -0.2) is 4.39 Å². The Bertz CT molecular complexity index is 487. The maximum absolute atomic E-state index is 13.0. The zero-order chi connectivity index (χ0) is 12.1. The average Bonchev–Trinajstić information content (AvgIpc) is 2.78. The molecule has 0 spiro atoms. The molecular formula is C11H12FN3O2. The topological polar surface area (TPSA) is 74.2 Å². The fourth-order valence-electron chi connectivity index (χ4n) is 1.30. The van der Waals surface area contributed by atoms with Crippen molar-refractivity contribution in [3.63, 3.8) is 0 Å². The molecule has 17 heavy (non-hydrogen) atoms. The Morgan fingerprint density at radius 2 is 2.29 bits per heavy atom. The van der Waals surface area contributed by atoms with Crippen LogP contribution in [0.3, 0.4) is 0 Å². The van der Waals surface area contributed by atoms with Gasteiger partial charge in [0, 0.05) is 12.1 Å². The quantitative estimate of drug-likeness (QED) is 0.794. The van der Waals surface area contributed by atoms with Gasteiger partial charge in [-0.05, 0) is 12.1 Å². The summed E-state index contributed by atoms with van der Waals surface area (Å²) in [5.74, 6) is 0.349. The summed E-state index contributed by atoms with van der Waals surface area (Å²) in [6.07, 6.45) is 0. The number of halogens is 1. The number of hydrogen-bond acceptors (Lipinski definition) is 5. The highest BCUT2D eigenvalue weighted by Gasteiger charge is 2.08. The van der Waals surface area contributed by atoms with Gasteiger partial charge in [0.2, 0.25) is 5.82 Å². The molecule has 2 N–H and O–H groups in total. The first-order chi connectivity index (χ1) is 8.29. The van der Waals surface area contributed by atoms with Crippen molar-refractivity contribution < 1.29 is 13.7 Å². The SMILES string of the molecule is NCCOCc1nc(-c2cccc(F)c2)no1. The first kappa shape index (κ1) is 11.7. The van der Waals surface area contributed by atoms with Crippen LogP contribution in [0.1, 0.15) is 5.89 Å². The molecule has 0 aliphatic rings. The van der Waals surface area contributed by atoms with Crippen LogP contribution in [0.4, 0.5) is 4.39 Å². The summed E-state index contributed by atoms with van der Waals surface area (Å²) in [6, 6.07) is 5.99. The molecule has 0 saturated carbocycles. The Balaban J connectivity index is 2.07. The first-order valence-corrected chi connectivity index (χ1v) is 5.16. The Labute approximate surface area is 97.4 Å². The Kier molecular flexibility index (Phi) is 3.79. The number of rotatable bonds is 5. The van der Waals surface area contributed by atoms with E-state index in [9.17, 15) is 4.39 Å². The second kappa shape index (κ2) is 5.51. The summed E-state index contributed by atoms with van der Waals surface area (Å²) in [4.78, 5) is 4.08. The lowest BCUT2D eigenvalue weighted by molar-refractivity contribution is 0.104. The number of nitrogens with zero attached hydrogens (tertiary/aromatic N) is 2. The molecule has 0 amide bonds. The third-order valence-electron chi connectivity index (χ3n) is 2.04. The van der Waals surface area contributed by atoms with Crippen molar-refractivity contribution in [2.45, 2.75) is 6.61 Å². The molecule has 6 heteroatoms. The fourth-order valence-corrected chi connectivity index (χ4v) is 1.30. The van der Waals surface area contributed by atoms with Crippen molar-refractivity contribution in [2.75, 3.05) is 13.2 Å². The number of hydrogen-bond donors (Lipinski definition) is 1. The van der Waals surface area contributed by atoms with E-state index in [0.29, 0.717) is 30.4 Å². The predicted molar refractivity (Wildman–Crippen MR) is 58.4 cm³/mol. The third-order valence-corrected chi connectivity index (χ3v) is 2.04. The van der Waals surface area contributed by atoms with Gasteiger partial charge in [0.1, 0.15) is 12.4 Å². The second-order valence-corrected chi connectivity index (χ2v) is 3.36. The highest BCUT2D eigenvalue weighted by atomic mass is 19.1. The molecule has 0 atom stereocenters. The standard InChI is InChI=1S/C11H12FN3O2/c12-9-3-1-2-8(6-9)11-14-10(17-15-11)7-16-5-4-13/h1-3,6H,4-5,7,13H2. The first-order valence-electron chi connectivity index (χ1n) is 5.16. The van der Waals surface area contributed by atoms with Crippen LogP contribution >= 0.6 is 0 Å². The summed E-state index contributed by atoms with van der Waals surface area (Å²) >= 11 is 0. The number of aromatic nitrogens is 2. The van der Waals surface area contributed by atoms with Crippen LogP contribution in [0, 0.1) is 5.82 Å². The van der Waals surface area contributed by atoms with Crippen LogP contribution in [0.25, 0.3) is 11.4 Å². The highest BCUT2D eigenvalue weighted by Crippen LogP contribution is 2.16. The van der Waals surface area contributed by atoms with Gasteiger partial charge >= 0.3 is 0 Å².